The molecule has 3 N–H and O–H groups in total. The fourth-order valence-electron chi connectivity index (χ4n) is 3.35. The van der Waals surface area contributed by atoms with Gasteiger partial charge in [0.15, 0.2) is 15.7 Å². The second-order valence-corrected chi connectivity index (χ2v) is 10.7. The van der Waals surface area contributed by atoms with Gasteiger partial charge in [-0.25, -0.2) is 8.42 Å². The smallest absolute Gasteiger partial charge is 0.231 e. The zero-order valence-electron chi connectivity index (χ0n) is 20.3. The summed E-state index contributed by atoms with van der Waals surface area (Å²) in [5.74, 6) is 1.47. The van der Waals surface area contributed by atoms with Crippen LogP contribution in [-0.4, -0.2) is 41.9 Å². The minimum atomic E-state index is -3.26. The van der Waals surface area contributed by atoms with Gasteiger partial charge in [-0.15, -0.1) is 0 Å². The van der Waals surface area contributed by atoms with Crippen molar-refractivity contribution < 1.29 is 8.42 Å². The number of benzene rings is 2. The van der Waals surface area contributed by atoms with Crippen molar-refractivity contribution in [1.82, 2.24) is 15.0 Å². The first-order chi connectivity index (χ1) is 17.8. The van der Waals surface area contributed by atoms with Crippen molar-refractivity contribution in [3.05, 3.63) is 95.3 Å². The summed E-state index contributed by atoms with van der Waals surface area (Å²) in [5, 5.41) is 11.6. The minimum Gasteiger partial charge on any atom is -0.370 e. The first-order valence-corrected chi connectivity index (χ1v) is 13.7. The average Bonchev–Trinajstić information content (AvgIpc) is 2.89. The Kier molecular flexibility index (Phi) is 8.32. The van der Waals surface area contributed by atoms with Crippen LogP contribution in [0.15, 0.2) is 89.1 Å². The van der Waals surface area contributed by atoms with Gasteiger partial charge in [0, 0.05) is 42.0 Å². The summed E-state index contributed by atoms with van der Waals surface area (Å²) >= 11 is 6.00. The van der Waals surface area contributed by atoms with Gasteiger partial charge in [0.05, 0.1) is 10.6 Å². The van der Waals surface area contributed by atoms with E-state index in [1.165, 1.54) is 6.26 Å². The molecule has 2 aromatic carbocycles. The molecule has 190 valence electrons. The summed E-state index contributed by atoms with van der Waals surface area (Å²) in [6, 6.07) is 19.5. The topological polar surface area (TPSA) is 121 Å². The van der Waals surface area contributed by atoms with E-state index in [9.17, 15) is 8.42 Å². The molecule has 0 fully saturated rings. The standard InChI is InChI=1S/C26H26ClN7O2S/c1-18(20-3-9-23(10-4-20)37(2,35)36)33-34-25-17-24(29-16-13-19-11-14-28-15-12-19)31-26(32-25)30-22-7-5-21(27)6-8-22/h3-12,14-15,17H,13,16H2,1-2H3,(H3,29,30,31,32,34). The molecule has 4 rings (SSSR count). The van der Waals surface area contributed by atoms with Crippen molar-refractivity contribution >= 4 is 50.4 Å². The highest BCUT2D eigenvalue weighted by molar-refractivity contribution is 7.90. The summed E-state index contributed by atoms with van der Waals surface area (Å²) in [5.41, 5.74) is 6.38. The van der Waals surface area contributed by atoms with Gasteiger partial charge in [-0.2, -0.15) is 15.1 Å². The van der Waals surface area contributed by atoms with E-state index in [1.807, 2.05) is 31.2 Å². The van der Waals surface area contributed by atoms with Crippen molar-refractivity contribution in [2.24, 2.45) is 5.10 Å². The van der Waals surface area contributed by atoms with Crippen LogP contribution in [0, 0.1) is 0 Å². The Morgan fingerprint density at radius 1 is 0.946 bits per heavy atom. The van der Waals surface area contributed by atoms with Gasteiger partial charge in [-0.3, -0.25) is 10.4 Å². The Hall–Kier alpha value is -4.02. The van der Waals surface area contributed by atoms with Crippen LogP contribution in [-0.2, 0) is 16.3 Å². The van der Waals surface area contributed by atoms with Crippen molar-refractivity contribution in [3.8, 4) is 0 Å². The number of hydrogen-bond acceptors (Lipinski definition) is 9. The number of anilines is 4. The lowest BCUT2D eigenvalue weighted by Crippen LogP contribution is -2.10. The molecule has 37 heavy (non-hydrogen) atoms. The van der Waals surface area contributed by atoms with Gasteiger partial charge >= 0.3 is 0 Å². The molecule has 0 aliphatic heterocycles. The fraction of sp³-hybridized carbons (Fsp3) is 0.154. The molecule has 2 heterocycles. The Labute approximate surface area is 221 Å². The minimum absolute atomic E-state index is 0.258. The molecule has 0 bridgehead atoms. The number of rotatable bonds is 10. The summed E-state index contributed by atoms with van der Waals surface area (Å²) in [6.45, 7) is 2.49. The van der Waals surface area contributed by atoms with Gasteiger partial charge in [0.1, 0.15) is 5.82 Å². The van der Waals surface area contributed by atoms with Gasteiger partial charge in [-0.1, -0.05) is 23.7 Å². The Morgan fingerprint density at radius 2 is 1.62 bits per heavy atom. The summed E-state index contributed by atoms with van der Waals surface area (Å²) in [4.78, 5) is 13.4. The Bertz CT molecular complexity index is 1480. The highest BCUT2D eigenvalue weighted by Gasteiger charge is 2.09. The Morgan fingerprint density at radius 3 is 2.30 bits per heavy atom. The number of sulfone groups is 1. The van der Waals surface area contributed by atoms with Crippen LogP contribution in [0.2, 0.25) is 5.02 Å². The average molecular weight is 536 g/mol. The number of nitrogens with one attached hydrogen (secondary N) is 3. The van der Waals surface area contributed by atoms with Crippen LogP contribution in [0.1, 0.15) is 18.1 Å². The summed E-state index contributed by atoms with van der Waals surface area (Å²) in [7, 11) is -3.26. The zero-order valence-corrected chi connectivity index (χ0v) is 21.9. The largest absolute Gasteiger partial charge is 0.370 e. The third-order valence-electron chi connectivity index (χ3n) is 5.33. The van der Waals surface area contributed by atoms with Crippen LogP contribution in [0.3, 0.4) is 0 Å². The molecule has 0 saturated carbocycles. The molecular weight excluding hydrogens is 510 g/mol. The molecule has 4 aromatic rings. The fourth-order valence-corrected chi connectivity index (χ4v) is 4.10. The van der Waals surface area contributed by atoms with E-state index in [0.29, 0.717) is 34.9 Å². The van der Waals surface area contributed by atoms with Gasteiger partial charge < -0.3 is 10.6 Å². The quantitative estimate of drug-likeness (QED) is 0.188. The predicted molar refractivity (Wildman–Crippen MR) is 149 cm³/mol. The van der Waals surface area contributed by atoms with Crippen LogP contribution in [0.5, 0.6) is 0 Å². The first kappa shape index (κ1) is 26.1. The van der Waals surface area contributed by atoms with Crippen LogP contribution in [0.4, 0.5) is 23.3 Å². The lowest BCUT2D eigenvalue weighted by atomic mass is 10.1. The van der Waals surface area contributed by atoms with E-state index < -0.39 is 9.84 Å². The van der Waals surface area contributed by atoms with Crippen molar-refractivity contribution in [3.63, 3.8) is 0 Å². The summed E-state index contributed by atoms with van der Waals surface area (Å²) in [6.07, 6.45) is 5.52. The maximum atomic E-state index is 11.7. The number of pyridine rings is 1. The van der Waals surface area contributed by atoms with E-state index in [4.69, 9.17) is 11.6 Å². The maximum absolute atomic E-state index is 11.7. The Balaban J connectivity index is 1.52. The number of hydrazone groups is 1. The number of hydrogen-bond donors (Lipinski definition) is 3. The maximum Gasteiger partial charge on any atom is 0.231 e. The molecule has 0 aliphatic rings. The monoisotopic (exact) mass is 535 g/mol. The molecule has 0 saturated heterocycles. The van der Waals surface area contributed by atoms with Gasteiger partial charge in [0.25, 0.3) is 0 Å². The molecule has 0 spiro atoms. The van der Waals surface area contributed by atoms with Crippen molar-refractivity contribution in [1.29, 1.82) is 0 Å². The summed E-state index contributed by atoms with van der Waals surface area (Å²) < 4.78 is 23.4. The van der Waals surface area contributed by atoms with E-state index in [2.05, 4.69) is 36.1 Å². The van der Waals surface area contributed by atoms with Crippen LogP contribution >= 0.6 is 11.6 Å². The molecule has 0 amide bonds. The zero-order chi connectivity index (χ0) is 26.3. The van der Waals surface area contributed by atoms with Crippen LogP contribution in [0.25, 0.3) is 0 Å². The molecule has 0 unspecified atom stereocenters. The normalized spacial score (nSPS) is 11.7. The van der Waals surface area contributed by atoms with E-state index in [1.54, 1.807) is 54.9 Å². The SMILES string of the molecule is CC(=NNc1cc(NCCc2ccncc2)nc(Nc2ccc(Cl)cc2)n1)c1ccc(S(C)(=O)=O)cc1. The molecule has 9 nitrogen and oxygen atoms in total. The third-order valence-corrected chi connectivity index (χ3v) is 6.71. The van der Waals surface area contributed by atoms with Gasteiger partial charge in [-0.05, 0) is 73.0 Å². The third kappa shape index (κ3) is 7.73. The van der Waals surface area contributed by atoms with E-state index in [-0.39, 0.29) is 4.90 Å². The number of aromatic nitrogens is 3. The second-order valence-electron chi connectivity index (χ2n) is 8.23. The highest BCUT2D eigenvalue weighted by atomic mass is 35.5. The molecule has 11 heteroatoms. The first-order valence-electron chi connectivity index (χ1n) is 11.4. The lowest BCUT2D eigenvalue weighted by Gasteiger charge is -2.12. The predicted octanol–water partition coefficient (Wildman–Crippen LogP) is 5.16. The van der Waals surface area contributed by atoms with Gasteiger partial charge in [0.2, 0.25) is 5.95 Å². The molecular formula is C26H26ClN7O2S. The molecule has 0 radical (unpaired) electrons. The molecule has 2 aromatic heterocycles. The van der Waals surface area contributed by atoms with E-state index in [0.717, 1.165) is 23.2 Å². The second kappa shape index (κ2) is 11.8. The van der Waals surface area contributed by atoms with Crippen molar-refractivity contribution in [2.75, 3.05) is 28.9 Å². The molecule has 0 atom stereocenters. The molecule has 0 aliphatic carbocycles. The van der Waals surface area contributed by atoms with Crippen molar-refractivity contribution in [2.45, 2.75) is 18.2 Å². The van der Waals surface area contributed by atoms with E-state index >= 15 is 0 Å². The number of halogens is 1. The van der Waals surface area contributed by atoms with Crippen LogP contribution < -0.4 is 16.1 Å². The highest BCUT2D eigenvalue weighted by Crippen LogP contribution is 2.20. The number of nitrogens with zero attached hydrogens (tertiary/aromatic N) is 4. The lowest BCUT2D eigenvalue weighted by molar-refractivity contribution is 0.602.